The van der Waals surface area contributed by atoms with Crippen molar-refractivity contribution in [3.63, 3.8) is 0 Å². The quantitative estimate of drug-likeness (QED) is 0.308. The summed E-state index contributed by atoms with van der Waals surface area (Å²) in [5.74, 6) is 0.156. The molecule has 6 rings (SSSR count). The number of piperidine rings is 1. The van der Waals surface area contributed by atoms with Crippen molar-refractivity contribution in [2.75, 3.05) is 32.8 Å². The molecule has 1 atom stereocenters. The smallest absolute Gasteiger partial charge is 0.246 e. The molecule has 13 heteroatoms. The molecule has 13 nitrogen and oxygen atoms in total. The number of hydrogen-bond donors (Lipinski definition) is 1. The number of hydrogen-bond acceptors (Lipinski definition) is 9. The zero-order chi connectivity index (χ0) is 30.1. The van der Waals surface area contributed by atoms with Crippen LogP contribution < -0.4 is 4.74 Å². The molecule has 1 N–H and O–H groups in total. The minimum absolute atomic E-state index is 0.0720. The number of aliphatic hydroxyl groups is 1. The zero-order valence-corrected chi connectivity index (χ0v) is 23.7. The minimum Gasteiger partial charge on any atom is -0.479 e. The SMILES string of the molecule is C=CC(=O)N1CC(C(=O)N2CCC(n3nnc(-c4cc(OC(CO)c5ccccn5)c5c(C#N)cnn5c4)c3C)CC2)C1. The zero-order valence-electron chi connectivity index (χ0n) is 23.7. The monoisotopic (exact) mass is 581 g/mol. The van der Waals surface area contributed by atoms with Gasteiger partial charge in [-0.15, -0.1) is 5.10 Å². The highest BCUT2D eigenvalue weighted by Crippen LogP contribution is 2.34. The number of ether oxygens (including phenoxy) is 1. The lowest BCUT2D eigenvalue weighted by Crippen LogP contribution is -2.57. The molecule has 43 heavy (non-hydrogen) atoms. The Kier molecular flexibility index (Phi) is 7.60. The van der Waals surface area contributed by atoms with Gasteiger partial charge in [0, 0.05) is 44.1 Å². The van der Waals surface area contributed by atoms with Crippen molar-refractivity contribution in [3.05, 3.63) is 72.5 Å². The third kappa shape index (κ3) is 5.21. The lowest BCUT2D eigenvalue weighted by Gasteiger charge is -2.41. The number of aliphatic hydroxyl groups excluding tert-OH is 1. The molecule has 4 aromatic rings. The maximum Gasteiger partial charge on any atom is 0.246 e. The van der Waals surface area contributed by atoms with E-state index in [0.29, 0.717) is 60.0 Å². The van der Waals surface area contributed by atoms with Gasteiger partial charge >= 0.3 is 0 Å². The summed E-state index contributed by atoms with van der Waals surface area (Å²) in [4.78, 5) is 32.5. The highest BCUT2D eigenvalue weighted by atomic mass is 16.5. The Morgan fingerprint density at radius 1 is 1.26 bits per heavy atom. The summed E-state index contributed by atoms with van der Waals surface area (Å²) >= 11 is 0. The fourth-order valence-corrected chi connectivity index (χ4v) is 5.78. The largest absolute Gasteiger partial charge is 0.479 e. The maximum absolute atomic E-state index is 13.0. The van der Waals surface area contributed by atoms with Gasteiger partial charge in [0.2, 0.25) is 11.8 Å². The van der Waals surface area contributed by atoms with Crippen molar-refractivity contribution >= 4 is 17.3 Å². The highest BCUT2D eigenvalue weighted by Gasteiger charge is 2.38. The predicted molar refractivity (Wildman–Crippen MR) is 153 cm³/mol. The Balaban J connectivity index is 1.21. The summed E-state index contributed by atoms with van der Waals surface area (Å²) in [6.45, 7) is 7.24. The molecule has 0 aliphatic carbocycles. The Morgan fingerprint density at radius 3 is 2.72 bits per heavy atom. The molecular formula is C30H31N9O4. The lowest BCUT2D eigenvalue weighted by atomic mass is 9.96. The van der Waals surface area contributed by atoms with E-state index in [1.807, 2.05) is 22.6 Å². The number of fused-ring (bicyclic) bond motifs is 1. The van der Waals surface area contributed by atoms with Crippen LogP contribution >= 0.6 is 0 Å². The number of nitriles is 1. The Morgan fingerprint density at radius 2 is 2.05 bits per heavy atom. The molecule has 0 radical (unpaired) electrons. The number of likely N-dealkylation sites (tertiary alicyclic amines) is 2. The molecule has 1 unspecified atom stereocenters. The summed E-state index contributed by atoms with van der Waals surface area (Å²) in [6, 6.07) is 9.37. The Labute approximate surface area is 247 Å². The molecule has 6 heterocycles. The van der Waals surface area contributed by atoms with Crippen molar-refractivity contribution in [1.29, 1.82) is 5.26 Å². The maximum atomic E-state index is 13.0. The molecule has 2 fully saturated rings. The predicted octanol–water partition coefficient (Wildman–Crippen LogP) is 2.09. The normalized spacial score (nSPS) is 16.5. The summed E-state index contributed by atoms with van der Waals surface area (Å²) in [5.41, 5.74) is 3.54. The van der Waals surface area contributed by atoms with Crippen molar-refractivity contribution in [2.45, 2.75) is 31.9 Å². The second kappa shape index (κ2) is 11.7. The van der Waals surface area contributed by atoms with Crippen LogP contribution in [0.15, 0.2) is 55.5 Å². The standard InChI is InChI=1S/C30H31N9O4/c1-3-27(41)37-15-22(16-37)30(42)36-10-7-23(8-11-36)39-19(2)28(34-35-39)20-12-25(29-21(13-31)14-33-38(29)17-20)43-26(18-40)24-6-4-5-9-32-24/h3-6,9,12,14,17,22-23,26,40H,1,7-8,10-11,15-16,18H2,2H3. The number of carbonyl (C=O) groups is 2. The van der Waals surface area contributed by atoms with Crippen LogP contribution in [0, 0.1) is 24.2 Å². The first kappa shape index (κ1) is 28.0. The van der Waals surface area contributed by atoms with Crippen molar-refractivity contribution < 1.29 is 19.4 Å². The van der Waals surface area contributed by atoms with Gasteiger partial charge in [-0.3, -0.25) is 14.6 Å². The van der Waals surface area contributed by atoms with E-state index in [1.54, 1.807) is 40.0 Å². The molecule has 220 valence electrons. The van der Waals surface area contributed by atoms with Gasteiger partial charge in [-0.2, -0.15) is 10.4 Å². The van der Waals surface area contributed by atoms with Gasteiger partial charge in [0.05, 0.1) is 36.2 Å². The van der Waals surface area contributed by atoms with Gasteiger partial charge in [0.1, 0.15) is 28.6 Å². The van der Waals surface area contributed by atoms with Crippen molar-refractivity contribution in [1.82, 2.24) is 39.4 Å². The molecular weight excluding hydrogens is 550 g/mol. The average molecular weight is 582 g/mol. The molecule has 2 saturated heterocycles. The van der Waals surface area contributed by atoms with Gasteiger partial charge in [0.25, 0.3) is 0 Å². The van der Waals surface area contributed by atoms with Crippen LogP contribution in [0.25, 0.3) is 16.8 Å². The van der Waals surface area contributed by atoms with E-state index < -0.39 is 6.10 Å². The number of aromatic nitrogens is 6. The van der Waals surface area contributed by atoms with Crippen LogP contribution in [0.2, 0.25) is 0 Å². The van der Waals surface area contributed by atoms with Gasteiger partial charge in [0.15, 0.2) is 6.10 Å². The van der Waals surface area contributed by atoms with Crippen LogP contribution in [0.4, 0.5) is 0 Å². The molecule has 2 aliphatic rings. The topological polar surface area (TPSA) is 155 Å². The first-order valence-electron chi connectivity index (χ1n) is 14.1. The fraction of sp³-hybridized carbons (Fsp3) is 0.367. The third-order valence-electron chi connectivity index (χ3n) is 8.19. The summed E-state index contributed by atoms with van der Waals surface area (Å²) in [6.07, 6.45) is 6.87. The van der Waals surface area contributed by atoms with E-state index in [-0.39, 0.29) is 30.4 Å². The van der Waals surface area contributed by atoms with Crippen molar-refractivity contribution in [2.24, 2.45) is 5.92 Å². The Bertz CT molecular complexity index is 1710. The van der Waals surface area contributed by atoms with E-state index in [1.165, 1.54) is 12.3 Å². The number of pyridine rings is 2. The first-order chi connectivity index (χ1) is 20.9. The number of nitrogens with zero attached hydrogens (tertiary/aromatic N) is 9. The summed E-state index contributed by atoms with van der Waals surface area (Å²) < 4.78 is 9.72. The van der Waals surface area contributed by atoms with E-state index in [2.05, 4.69) is 33.0 Å². The van der Waals surface area contributed by atoms with Crippen LogP contribution in [0.5, 0.6) is 5.75 Å². The second-order valence-corrected chi connectivity index (χ2v) is 10.8. The number of amides is 2. The van der Waals surface area contributed by atoms with Crippen molar-refractivity contribution in [3.8, 4) is 23.1 Å². The summed E-state index contributed by atoms with van der Waals surface area (Å²) in [7, 11) is 0. The molecule has 4 aromatic heterocycles. The van der Waals surface area contributed by atoms with Gasteiger partial charge in [-0.05, 0) is 44.0 Å². The molecule has 0 spiro atoms. The lowest BCUT2D eigenvalue weighted by molar-refractivity contribution is -0.147. The van der Waals surface area contributed by atoms with Crippen LogP contribution in [0.1, 0.15) is 41.9 Å². The highest BCUT2D eigenvalue weighted by molar-refractivity contribution is 5.90. The molecule has 2 aliphatic heterocycles. The average Bonchev–Trinajstić information content (AvgIpc) is 3.62. The first-order valence-corrected chi connectivity index (χ1v) is 14.1. The van der Waals surface area contributed by atoms with E-state index in [9.17, 15) is 20.0 Å². The molecule has 0 aromatic carbocycles. The van der Waals surface area contributed by atoms with Crippen LogP contribution in [-0.4, -0.2) is 89.1 Å². The van der Waals surface area contributed by atoms with E-state index >= 15 is 0 Å². The van der Waals surface area contributed by atoms with Gasteiger partial charge < -0.3 is 19.6 Å². The third-order valence-corrected chi connectivity index (χ3v) is 8.19. The second-order valence-electron chi connectivity index (χ2n) is 10.8. The van der Waals surface area contributed by atoms with Crippen LogP contribution in [0.3, 0.4) is 0 Å². The fourth-order valence-electron chi connectivity index (χ4n) is 5.78. The van der Waals surface area contributed by atoms with E-state index in [0.717, 1.165) is 18.5 Å². The molecule has 0 bridgehead atoms. The summed E-state index contributed by atoms with van der Waals surface area (Å²) in [5, 5.41) is 33.1. The number of carbonyl (C=O) groups excluding carboxylic acids is 2. The van der Waals surface area contributed by atoms with E-state index in [4.69, 9.17) is 4.74 Å². The molecule has 0 saturated carbocycles. The van der Waals surface area contributed by atoms with Gasteiger partial charge in [-0.1, -0.05) is 17.9 Å². The Hall–Kier alpha value is -5.09. The molecule has 2 amide bonds. The minimum atomic E-state index is -0.753. The van der Waals surface area contributed by atoms with Crippen LogP contribution in [-0.2, 0) is 9.59 Å². The van der Waals surface area contributed by atoms with Gasteiger partial charge in [-0.25, -0.2) is 9.20 Å². The number of rotatable bonds is 8.